The number of hydrogen-bond acceptors (Lipinski definition) is 0. The average molecular weight is 1030 g/mol. The molecule has 2 aliphatic rings. The minimum Gasteiger partial charge on any atom is -1.00 e. The molecule has 0 spiro atoms. The van der Waals surface area contributed by atoms with E-state index < -0.39 is 23.5 Å². The predicted molar refractivity (Wildman–Crippen MR) is 253 cm³/mol. The molecule has 0 aromatic heterocycles. The molecule has 0 aliphatic heterocycles. The summed E-state index contributed by atoms with van der Waals surface area (Å²) in [6, 6.07) is 33.6. The van der Waals surface area contributed by atoms with Crippen LogP contribution >= 0.6 is 0 Å². The number of benzene rings is 6. The zero-order valence-electron chi connectivity index (χ0n) is 39.7. The minimum absolute atomic E-state index is 0. The van der Waals surface area contributed by atoms with E-state index in [0.717, 1.165) is 54.9 Å². The first-order valence-corrected chi connectivity index (χ1v) is 23.3. The van der Waals surface area contributed by atoms with E-state index in [2.05, 4.69) is 148 Å². The van der Waals surface area contributed by atoms with Gasteiger partial charge in [-0.2, -0.15) is 11.6 Å². The molecule has 9 heteroatoms. The van der Waals surface area contributed by atoms with Crippen LogP contribution in [0.3, 0.4) is 0 Å². The van der Waals surface area contributed by atoms with Gasteiger partial charge in [-0.25, -0.2) is 6.08 Å². The Morgan fingerprint density at radius 3 is 1.58 bits per heavy atom. The Labute approximate surface area is 421 Å². The number of rotatable bonds is 6. The molecule has 67 heavy (non-hydrogen) atoms. The molecule has 0 heterocycles. The third kappa shape index (κ3) is 13.5. The summed E-state index contributed by atoms with van der Waals surface area (Å²) in [6.07, 6.45) is 2.41. The van der Waals surface area contributed by atoms with Gasteiger partial charge in [-0.3, -0.25) is 6.08 Å². The molecule has 0 N–H and O–H groups in total. The van der Waals surface area contributed by atoms with Crippen LogP contribution in [0, 0.1) is 65.0 Å². The van der Waals surface area contributed by atoms with Crippen LogP contribution in [-0.4, -0.2) is 3.21 Å². The van der Waals surface area contributed by atoms with Crippen molar-refractivity contribution in [3.63, 3.8) is 0 Å². The van der Waals surface area contributed by atoms with Crippen molar-refractivity contribution in [1.82, 2.24) is 0 Å². The summed E-state index contributed by atoms with van der Waals surface area (Å²) in [5.74, 6) is 0.587. The molecule has 6 aromatic carbocycles. The van der Waals surface area contributed by atoms with E-state index in [1.165, 1.54) is 121 Å². The van der Waals surface area contributed by atoms with Crippen LogP contribution in [0.5, 0.6) is 0 Å². The van der Waals surface area contributed by atoms with E-state index in [4.69, 9.17) is 0 Å². The fraction of sp³-hybridized carbons (Fsp3) is 0.293. The van der Waals surface area contributed by atoms with Crippen molar-refractivity contribution < 1.29 is 75.4 Å². The number of halogens is 8. The van der Waals surface area contributed by atoms with Crippen molar-refractivity contribution in [2.24, 2.45) is 11.3 Å². The predicted octanol–water partition coefficient (Wildman–Crippen LogP) is 10.8. The van der Waals surface area contributed by atoms with E-state index in [0.29, 0.717) is 14.5 Å². The zero-order valence-corrected chi connectivity index (χ0v) is 43.7. The van der Waals surface area contributed by atoms with Crippen LogP contribution in [0.25, 0.3) is 33.4 Å². The minimum atomic E-state index is -4.49. The topological polar surface area (TPSA) is 0 Å². The molecule has 350 valence electrons. The van der Waals surface area contributed by atoms with Gasteiger partial charge in [0, 0.05) is 0 Å². The molecule has 0 radical (unpaired) electrons. The molecule has 0 saturated heterocycles. The van der Waals surface area contributed by atoms with Crippen LogP contribution in [0.2, 0.25) is 0 Å². The smallest absolute Gasteiger partial charge is 1.00 e. The number of fused-ring (bicyclic) bond motifs is 3. The first kappa shape index (κ1) is 55.3. The quantitative estimate of drug-likeness (QED) is 0.115. The fourth-order valence-electron chi connectivity index (χ4n) is 8.99. The second-order valence-electron chi connectivity index (χ2n) is 18.5. The number of alkyl halides is 6. The Balaban J connectivity index is 0.000000238. The molecule has 0 fully saturated rings. The maximum Gasteiger partial charge on any atom is -1.00 e. The van der Waals surface area contributed by atoms with Crippen LogP contribution < -0.4 is 24.8 Å². The third-order valence-electron chi connectivity index (χ3n) is 12.0. The van der Waals surface area contributed by atoms with Crippen molar-refractivity contribution in [1.29, 1.82) is 0 Å². The van der Waals surface area contributed by atoms with Gasteiger partial charge in [0.15, 0.2) is 0 Å². The van der Waals surface area contributed by atoms with Crippen molar-refractivity contribution in [3.05, 3.63) is 200 Å². The van der Waals surface area contributed by atoms with Gasteiger partial charge in [0.2, 0.25) is 0 Å². The van der Waals surface area contributed by atoms with Crippen molar-refractivity contribution >= 4 is 3.21 Å². The summed E-state index contributed by atoms with van der Waals surface area (Å²) in [5.41, 5.74) is 19.3. The van der Waals surface area contributed by atoms with Crippen LogP contribution in [0.15, 0.2) is 121 Å². The van der Waals surface area contributed by atoms with Crippen LogP contribution in [0.4, 0.5) is 26.3 Å². The van der Waals surface area contributed by atoms with E-state index >= 15 is 0 Å². The van der Waals surface area contributed by atoms with Crippen LogP contribution in [0.1, 0.15) is 107 Å². The molecule has 1 atom stereocenters. The normalized spacial score (nSPS) is 13.8. The van der Waals surface area contributed by atoms with Gasteiger partial charge >= 0.3 is 137 Å². The summed E-state index contributed by atoms with van der Waals surface area (Å²) >= 11 is 0.729. The molecule has 0 saturated carbocycles. The van der Waals surface area contributed by atoms with Gasteiger partial charge in [0.1, 0.15) is 0 Å². The van der Waals surface area contributed by atoms with Gasteiger partial charge < -0.3 is 24.8 Å². The SMILES string of the molecule is CCCC1[C-]=CC(C(C)(C)C)=C1.Cc1cc(C)c(-c2[c-]c3c(cc2)-c2ccc(-c4c(C)cc(C)cc4C)cc2C3)c(C)c1.FC(F)(F)c1cccc([C](=[Zr+2])c2cccc(C(F)(F)F)c2)c1.[Cl-].[Cl-]. The summed E-state index contributed by atoms with van der Waals surface area (Å²) in [6.45, 7) is 22.2. The Hall–Kier alpha value is -4.29. The molecular weight excluding hydrogens is 973 g/mol. The summed E-state index contributed by atoms with van der Waals surface area (Å²) in [7, 11) is 0. The molecule has 0 bridgehead atoms. The Kier molecular flexibility index (Phi) is 18.5. The second-order valence-corrected chi connectivity index (χ2v) is 19.7. The first-order valence-electron chi connectivity index (χ1n) is 22.0. The van der Waals surface area contributed by atoms with Gasteiger partial charge in [0.05, 0.1) is 0 Å². The second kappa shape index (κ2) is 22.4. The summed E-state index contributed by atoms with van der Waals surface area (Å²) in [5, 5.41) is 0. The molecule has 0 nitrogen and oxygen atoms in total. The third-order valence-corrected chi connectivity index (χ3v) is 13.4. The van der Waals surface area contributed by atoms with Crippen molar-refractivity contribution in [2.75, 3.05) is 0 Å². The largest absolute Gasteiger partial charge is 1.00 e. The molecule has 0 amide bonds. The standard InChI is InChI=1S/C31H29.C15H8F6.C12H19.2ClH.Zr/c1-18-11-20(3)30(21(4)12-18)24-7-9-28-26(15-24)17-27-16-25(8-10-29(27)28)31-22(5)13-19(2)14-23(31)6;16-14(17,18)12-5-1-3-10(8-12)7-11-4-2-6-13(9-11)15(19,20)21;1-5-6-10-7-8-11(9-10)12(2,3)4;;;/h7-15H,17H2,1-6H3;1-6,8-9H;8-10H,5-6H2,1-4H3;2*1H;/q-1;;-1;;;+2/p-2. The number of aryl methyl sites for hydroxylation is 6. The van der Waals surface area contributed by atoms with Crippen LogP contribution in [-0.2, 0) is 43.0 Å². The van der Waals surface area contributed by atoms with Gasteiger partial charge in [0.25, 0.3) is 0 Å². The summed E-state index contributed by atoms with van der Waals surface area (Å²) < 4.78 is 76.7. The van der Waals surface area contributed by atoms with Gasteiger partial charge in [-0.05, 0) is 75.8 Å². The fourth-order valence-corrected chi connectivity index (χ4v) is 9.75. The number of allylic oxidation sites excluding steroid dienone is 4. The average Bonchev–Trinajstić information content (AvgIpc) is 3.85. The van der Waals surface area contributed by atoms with E-state index in [-0.39, 0.29) is 35.9 Å². The van der Waals surface area contributed by atoms with E-state index in [1.54, 1.807) is 0 Å². The van der Waals surface area contributed by atoms with E-state index in [9.17, 15) is 26.3 Å². The Morgan fingerprint density at radius 1 is 0.627 bits per heavy atom. The van der Waals surface area contributed by atoms with E-state index in [1.807, 2.05) is 0 Å². The molecule has 6 aromatic rings. The van der Waals surface area contributed by atoms with Gasteiger partial charge in [-0.15, -0.1) is 29.3 Å². The molecule has 1 unspecified atom stereocenters. The Morgan fingerprint density at radius 2 is 1.12 bits per heavy atom. The maximum atomic E-state index is 12.7. The summed E-state index contributed by atoms with van der Waals surface area (Å²) in [4.78, 5) is 0. The monoisotopic (exact) mass is 1030 g/mol. The molecule has 8 rings (SSSR count). The van der Waals surface area contributed by atoms with Gasteiger partial charge in [-0.1, -0.05) is 133 Å². The Bertz CT molecular complexity index is 2590. The first-order chi connectivity index (χ1) is 30.4. The maximum absolute atomic E-state index is 12.7. The molecular formula is C58H56Cl2F6Zr-2. The molecule has 2 aliphatic carbocycles. The number of hydrogen-bond donors (Lipinski definition) is 0. The van der Waals surface area contributed by atoms with Crippen molar-refractivity contribution in [2.45, 2.75) is 101 Å². The zero-order chi connectivity index (χ0) is 47.6. The van der Waals surface area contributed by atoms with Crippen molar-refractivity contribution in [3.8, 4) is 33.4 Å².